The highest BCUT2D eigenvalue weighted by atomic mass is 16.5. The zero-order valence-electron chi connectivity index (χ0n) is 16.4. The van der Waals surface area contributed by atoms with Crippen molar-refractivity contribution in [1.29, 1.82) is 0 Å². The van der Waals surface area contributed by atoms with Crippen LogP contribution in [0.3, 0.4) is 0 Å². The summed E-state index contributed by atoms with van der Waals surface area (Å²) < 4.78 is 5.52. The van der Waals surface area contributed by atoms with Gasteiger partial charge in [0.15, 0.2) is 11.6 Å². The monoisotopic (exact) mass is 386 g/mol. The van der Waals surface area contributed by atoms with Gasteiger partial charge in [-0.2, -0.15) is 0 Å². The van der Waals surface area contributed by atoms with Crippen molar-refractivity contribution in [3.05, 3.63) is 47.1 Å². The van der Waals surface area contributed by atoms with Crippen molar-refractivity contribution in [2.24, 2.45) is 5.92 Å². The van der Waals surface area contributed by atoms with Crippen LogP contribution in [0.4, 0.5) is 0 Å². The molecular weight excluding hydrogens is 360 g/mol. The predicted molar refractivity (Wildman–Crippen MR) is 105 cm³/mol. The number of aromatic hydroxyl groups is 2. The average Bonchev–Trinajstić information content (AvgIpc) is 2.63. The van der Waals surface area contributed by atoms with Gasteiger partial charge in [0.25, 0.3) is 0 Å². The van der Waals surface area contributed by atoms with Gasteiger partial charge in [0.1, 0.15) is 17.6 Å². The molecular formula is C22H26O6. The first kappa shape index (κ1) is 21.4. The number of ether oxygens (including phenoxy) is 1. The number of phenols is 2. The summed E-state index contributed by atoms with van der Waals surface area (Å²) in [5.41, 5.74) is -0.459. The number of hydrogen-bond donors (Lipinski definition) is 2. The Morgan fingerprint density at radius 2 is 1.71 bits per heavy atom. The predicted octanol–water partition coefficient (Wildman–Crippen LogP) is 4.11. The van der Waals surface area contributed by atoms with E-state index in [0.29, 0.717) is 18.8 Å². The summed E-state index contributed by atoms with van der Waals surface area (Å²) in [4.78, 5) is 37.7. The van der Waals surface area contributed by atoms with Gasteiger partial charge in [-0.25, -0.2) is 0 Å². The van der Waals surface area contributed by atoms with Gasteiger partial charge in [-0.15, -0.1) is 0 Å². The fraction of sp³-hybridized carbons (Fsp3) is 0.409. The average molecular weight is 386 g/mol. The summed E-state index contributed by atoms with van der Waals surface area (Å²) in [5, 5.41) is 20.0. The fourth-order valence-electron chi connectivity index (χ4n) is 3.04. The van der Waals surface area contributed by atoms with Gasteiger partial charge in [0.2, 0.25) is 0 Å². The van der Waals surface area contributed by atoms with Crippen LogP contribution in [0.15, 0.2) is 35.9 Å². The van der Waals surface area contributed by atoms with Crippen molar-refractivity contribution < 1.29 is 29.3 Å². The van der Waals surface area contributed by atoms with Gasteiger partial charge < -0.3 is 14.9 Å². The molecule has 1 aliphatic carbocycles. The maximum atomic E-state index is 13.0. The molecule has 6 nitrogen and oxygen atoms in total. The minimum Gasteiger partial charge on any atom is -0.507 e. The van der Waals surface area contributed by atoms with Gasteiger partial charge in [0.05, 0.1) is 17.5 Å². The Bertz CT molecular complexity index is 832. The van der Waals surface area contributed by atoms with Crippen LogP contribution in [0.25, 0.3) is 0 Å². The van der Waals surface area contributed by atoms with Crippen LogP contribution in [-0.4, -0.2) is 33.9 Å². The van der Waals surface area contributed by atoms with Crippen LogP contribution in [0.2, 0.25) is 0 Å². The lowest BCUT2D eigenvalue weighted by Gasteiger charge is -2.24. The Kier molecular flexibility index (Phi) is 7.15. The van der Waals surface area contributed by atoms with Gasteiger partial charge in [0, 0.05) is 5.57 Å². The molecule has 2 N–H and O–H groups in total. The number of ketones is 2. The summed E-state index contributed by atoms with van der Waals surface area (Å²) in [6.07, 6.45) is 5.67. The second-order valence-electron chi connectivity index (χ2n) is 7.18. The number of esters is 1. The smallest absolute Gasteiger partial charge is 0.310 e. The molecule has 6 heteroatoms. The van der Waals surface area contributed by atoms with Gasteiger partial charge in [-0.3, -0.25) is 14.4 Å². The molecule has 0 fully saturated rings. The Hall–Kier alpha value is -2.89. The molecule has 0 aliphatic heterocycles. The van der Waals surface area contributed by atoms with E-state index in [-0.39, 0.29) is 28.9 Å². The summed E-state index contributed by atoms with van der Waals surface area (Å²) in [6, 6.07) is 2.32. The second-order valence-corrected chi connectivity index (χ2v) is 7.18. The third-order valence-electron chi connectivity index (χ3n) is 4.50. The van der Waals surface area contributed by atoms with E-state index in [9.17, 15) is 24.6 Å². The fourth-order valence-corrected chi connectivity index (χ4v) is 3.04. The van der Waals surface area contributed by atoms with Crippen LogP contribution >= 0.6 is 0 Å². The molecule has 1 unspecified atom stereocenters. The summed E-state index contributed by atoms with van der Waals surface area (Å²) in [7, 11) is 0. The largest absolute Gasteiger partial charge is 0.507 e. The van der Waals surface area contributed by atoms with Gasteiger partial charge in [-0.1, -0.05) is 32.9 Å². The van der Waals surface area contributed by atoms with E-state index in [1.807, 2.05) is 26.8 Å². The van der Waals surface area contributed by atoms with Crippen LogP contribution in [-0.2, 0) is 9.53 Å². The molecule has 0 amide bonds. The van der Waals surface area contributed by atoms with Crippen LogP contribution in [0.5, 0.6) is 11.5 Å². The van der Waals surface area contributed by atoms with Crippen molar-refractivity contribution in [2.45, 2.75) is 52.6 Å². The van der Waals surface area contributed by atoms with E-state index in [4.69, 9.17) is 4.74 Å². The summed E-state index contributed by atoms with van der Waals surface area (Å²) in [5.74, 6) is -2.17. The first-order valence-corrected chi connectivity index (χ1v) is 9.46. The number of phenolic OH excluding ortho intramolecular Hbond substituents is 2. The Labute approximate surface area is 164 Å². The molecule has 0 spiro atoms. The molecule has 0 saturated carbocycles. The molecule has 0 radical (unpaired) electrons. The molecule has 1 aromatic rings. The van der Waals surface area contributed by atoms with E-state index in [0.717, 1.165) is 24.6 Å². The molecule has 1 aromatic carbocycles. The van der Waals surface area contributed by atoms with Crippen molar-refractivity contribution in [2.75, 3.05) is 0 Å². The third-order valence-corrected chi connectivity index (χ3v) is 4.50. The van der Waals surface area contributed by atoms with E-state index in [2.05, 4.69) is 0 Å². The van der Waals surface area contributed by atoms with E-state index in [1.54, 1.807) is 6.08 Å². The zero-order chi connectivity index (χ0) is 20.8. The summed E-state index contributed by atoms with van der Waals surface area (Å²) >= 11 is 0. The Balaban J connectivity index is 2.35. The Morgan fingerprint density at radius 3 is 2.32 bits per heavy atom. The standard InChI is InChI=1S/C22H26O6/c1-4-5-6-7-19(26)28-18(11-8-13(2)3)14-12-17(25)20-15(23)9-10-16(24)21(20)22(14)27/h5-6,9-10,12-13,18,23-24H,4,7-8,11H2,1-3H3/b6-5+. The van der Waals surface area contributed by atoms with E-state index >= 15 is 0 Å². The highest BCUT2D eigenvalue weighted by Gasteiger charge is 2.35. The normalized spacial score (nSPS) is 14.9. The zero-order valence-corrected chi connectivity index (χ0v) is 16.4. The lowest BCUT2D eigenvalue weighted by atomic mass is 9.84. The lowest BCUT2D eigenvalue weighted by Crippen LogP contribution is -2.29. The molecule has 1 atom stereocenters. The molecule has 28 heavy (non-hydrogen) atoms. The molecule has 1 aliphatic rings. The molecule has 150 valence electrons. The summed E-state index contributed by atoms with van der Waals surface area (Å²) in [6.45, 7) is 5.96. The number of benzene rings is 1. The minimum atomic E-state index is -0.892. The Morgan fingerprint density at radius 1 is 1.07 bits per heavy atom. The number of allylic oxidation sites excluding steroid dienone is 2. The molecule has 0 heterocycles. The lowest BCUT2D eigenvalue weighted by molar-refractivity contribution is -0.146. The number of rotatable bonds is 8. The second kappa shape index (κ2) is 9.35. The molecule has 0 bridgehead atoms. The number of hydrogen-bond acceptors (Lipinski definition) is 6. The van der Waals surface area contributed by atoms with Gasteiger partial charge >= 0.3 is 5.97 Å². The number of fused-ring (bicyclic) bond motifs is 1. The van der Waals surface area contributed by atoms with Crippen molar-refractivity contribution in [1.82, 2.24) is 0 Å². The van der Waals surface area contributed by atoms with Gasteiger partial charge in [-0.05, 0) is 43.4 Å². The SMILES string of the molecule is CC/C=C/CC(=O)OC(CCC(C)C)C1=CC(=O)c2c(O)ccc(O)c2C1=O. The van der Waals surface area contributed by atoms with Crippen LogP contribution < -0.4 is 0 Å². The van der Waals surface area contributed by atoms with Crippen molar-refractivity contribution in [3.8, 4) is 11.5 Å². The molecule has 0 aromatic heterocycles. The maximum Gasteiger partial charge on any atom is 0.310 e. The topological polar surface area (TPSA) is 101 Å². The van der Waals surface area contributed by atoms with E-state index < -0.39 is 29.4 Å². The van der Waals surface area contributed by atoms with Crippen molar-refractivity contribution in [3.63, 3.8) is 0 Å². The van der Waals surface area contributed by atoms with Crippen LogP contribution in [0.1, 0.15) is 67.2 Å². The third kappa shape index (κ3) is 4.88. The highest BCUT2D eigenvalue weighted by Crippen LogP contribution is 2.36. The highest BCUT2D eigenvalue weighted by molar-refractivity contribution is 6.27. The first-order chi connectivity index (χ1) is 13.3. The maximum absolute atomic E-state index is 13.0. The minimum absolute atomic E-state index is 0.0203. The first-order valence-electron chi connectivity index (χ1n) is 9.46. The quantitative estimate of drug-likeness (QED) is 0.396. The number of Topliss-reactive ketones (excluding diaryl/α,β-unsaturated/α-hetero) is 1. The number of carbonyl (C=O) groups excluding carboxylic acids is 3. The molecule has 0 saturated heterocycles. The number of carbonyl (C=O) groups is 3. The van der Waals surface area contributed by atoms with E-state index in [1.165, 1.54) is 0 Å². The van der Waals surface area contributed by atoms with Crippen LogP contribution in [0, 0.1) is 5.92 Å². The molecule has 2 rings (SSSR count). The van der Waals surface area contributed by atoms with Crippen molar-refractivity contribution >= 4 is 17.5 Å².